The van der Waals surface area contributed by atoms with Crippen molar-refractivity contribution in [3.63, 3.8) is 0 Å². The number of phosphoric ester groups is 2. The Morgan fingerprint density at radius 2 is 1.20 bits per heavy atom. The van der Waals surface area contributed by atoms with Crippen molar-refractivity contribution in [3.05, 3.63) is 120 Å². The number of aromatic nitrogens is 2. The zero-order valence-corrected chi connectivity index (χ0v) is 45.5. The van der Waals surface area contributed by atoms with Gasteiger partial charge in [-0.15, -0.1) is 0 Å². The number of anilines is 1. The third-order valence-corrected chi connectivity index (χ3v) is 14.2. The topological polar surface area (TPSA) is 278 Å². The number of unbranched alkanes of at least 4 members (excludes halogenated alkanes) is 6. The van der Waals surface area contributed by atoms with E-state index < -0.39 is 83.7 Å². The maximum absolute atomic E-state index is 13.0. The van der Waals surface area contributed by atoms with Crippen LogP contribution in [0.25, 0.3) is 0 Å². The van der Waals surface area contributed by atoms with Crippen LogP contribution in [0.1, 0.15) is 148 Å². The Bertz CT molecular complexity index is 2210. The van der Waals surface area contributed by atoms with E-state index in [0.717, 1.165) is 62.1 Å². The van der Waals surface area contributed by atoms with Crippen molar-refractivity contribution < 1.29 is 71.0 Å². The molecule has 0 aliphatic carbocycles. The molecule has 75 heavy (non-hydrogen) atoms. The molecule has 1 aromatic rings. The van der Waals surface area contributed by atoms with Gasteiger partial charge >= 0.3 is 33.3 Å². The Hall–Kier alpha value is -4.36. The molecule has 3 rings (SSSR count). The average molecular weight is 1090 g/mol. The number of epoxide rings is 1. The van der Waals surface area contributed by atoms with Gasteiger partial charge in [-0.05, 0) is 96.0 Å². The zero-order chi connectivity index (χ0) is 54.6. The first kappa shape index (κ1) is 64.9. The Morgan fingerprint density at radius 1 is 0.667 bits per heavy atom. The molecule has 3 heterocycles. The van der Waals surface area contributed by atoms with Crippen LogP contribution in [-0.2, 0) is 51.0 Å². The molecule has 2 aliphatic rings. The summed E-state index contributed by atoms with van der Waals surface area (Å²) in [6.45, 7) is 1.95. The monoisotopic (exact) mass is 1090 g/mol. The molecule has 9 atom stereocenters. The maximum atomic E-state index is 13.0. The largest absolute Gasteiger partial charge is 0.481 e. The second-order valence-electron chi connectivity index (χ2n) is 18.1. The van der Waals surface area contributed by atoms with Crippen molar-refractivity contribution in [1.29, 1.82) is 0 Å². The maximum Gasteiger partial charge on any atom is 0.481 e. The van der Waals surface area contributed by atoms with Gasteiger partial charge in [0.2, 0.25) is 0 Å². The highest BCUT2D eigenvalue weighted by atomic mass is 31.3. The van der Waals surface area contributed by atoms with Gasteiger partial charge in [-0.25, -0.2) is 13.9 Å². The first-order chi connectivity index (χ1) is 36.1. The molecule has 0 amide bonds. The van der Waals surface area contributed by atoms with Crippen molar-refractivity contribution in [1.82, 2.24) is 9.55 Å². The second kappa shape index (κ2) is 38.2. The number of hydrogen-bond donors (Lipinski definition) is 5. The summed E-state index contributed by atoms with van der Waals surface area (Å²) in [6.07, 6.45) is 43.7. The fraction of sp³-hybridized carbons (Fsp3) is 0.593. The minimum atomic E-state index is -5.47. The lowest BCUT2D eigenvalue weighted by atomic mass is 10.1. The number of carbonyl (C=O) groups is 2. The minimum Gasteiger partial charge on any atom is -0.462 e. The molecule has 2 aliphatic heterocycles. The van der Waals surface area contributed by atoms with Gasteiger partial charge < -0.3 is 44.7 Å². The summed E-state index contributed by atoms with van der Waals surface area (Å²) < 4.78 is 62.5. The van der Waals surface area contributed by atoms with E-state index in [1.54, 1.807) is 0 Å². The summed E-state index contributed by atoms with van der Waals surface area (Å²) in [7, 11) is -10.9. The molecule has 0 spiro atoms. The third kappa shape index (κ3) is 30.2. The quantitative estimate of drug-likeness (QED) is 0.0134. The lowest BCUT2D eigenvalue weighted by Gasteiger charge is -2.21. The molecule has 21 heteroatoms. The van der Waals surface area contributed by atoms with Crippen molar-refractivity contribution in [2.45, 2.75) is 185 Å². The molecular weight excluding hydrogens is 1010 g/mol. The third-order valence-electron chi connectivity index (χ3n) is 11.6. The number of aliphatic hydroxyl groups excluding tert-OH is 2. The van der Waals surface area contributed by atoms with E-state index in [0.29, 0.717) is 25.7 Å². The smallest absolute Gasteiger partial charge is 0.462 e. The Labute approximate surface area is 443 Å². The highest BCUT2D eigenvalue weighted by Crippen LogP contribution is 2.60. The number of ether oxygens (including phenoxy) is 4. The fourth-order valence-corrected chi connectivity index (χ4v) is 9.49. The van der Waals surface area contributed by atoms with E-state index in [-0.39, 0.29) is 30.9 Å². The van der Waals surface area contributed by atoms with Gasteiger partial charge in [-0.3, -0.25) is 23.2 Å². The molecule has 6 N–H and O–H groups in total. The van der Waals surface area contributed by atoms with Crippen LogP contribution in [0.5, 0.6) is 0 Å². The average Bonchev–Trinajstić information content (AvgIpc) is 4.06. The molecule has 0 saturated carbocycles. The first-order valence-electron chi connectivity index (χ1n) is 26.4. The molecule has 4 unspecified atom stereocenters. The lowest BCUT2D eigenvalue weighted by Crippen LogP contribution is -2.36. The summed E-state index contributed by atoms with van der Waals surface area (Å²) in [5.41, 5.74) is 4.58. The van der Waals surface area contributed by atoms with Crippen LogP contribution in [-0.4, -0.2) is 97.9 Å². The number of nitrogens with zero attached hydrogens (tertiary/aromatic N) is 2. The molecule has 0 aromatic carbocycles. The normalized spacial score (nSPS) is 22.3. The Morgan fingerprint density at radius 3 is 1.76 bits per heavy atom. The van der Waals surface area contributed by atoms with E-state index in [2.05, 4.69) is 102 Å². The van der Waals surface area contributed by atoms with Crippen LogP contribution in [0.15, 0.2) is 114 Å². The number of nitrogen functional groups attached to an aromatic ring is 1. The Kier molecular flexibility index (Phi) is 33.1. The van der Waals surface area contributed by atoms with Crippen LogP contribution in [0.4, 0.5) is 5.82 Å². The highest BCUT2D eigenvalue weighted by Gasteiger charge is 2.46. The van der Waals surface area contributed by atoms with E-state index >= 15 is 0 Å². The summed E-state index contributed by atoms with van der Waals surface area (Å²) >= 11 is 0. The molecule has 2 saturated heterocycles. The SMILES string of the molecule is CCCCC/C=C\C/C=C\C/C=C\C/C=C\C/C=C\CCC(=O)OC[C@H](COP(=O)(O)OP(=O)(O)OC[C@H]1O[C@@H](n2ccc(N)nc2=O)[C@H](O)[C@@H]1O)OC(=O)CCCC1OC1C/C=C\C/C=C\C/C=C\CCCCC. The Balaban J connectivity index is 1.44. The molecule has 0 bridgehead atoms. The molecule has 420 valence electrons. The van der Waals surface area contributed by atoms with Crippen LogP contribution in [0.3, 0.4) is 0 Å². The van der Waals surface area contributed by atoms with E-state index in [1.165, 1.54) is 44.6 Å². The minimum absolute atomic E-state index is 0.0185. The number of phosphoric acid groups is 2. The lowest BCUT2D eigenvalue weighted by molar-refractivity contribution is -0.161. The second-order valence-corrected chi connectivity index (χ2v) is 21.1. The number of esters is 2. The van der Waals surface area contributed by atoms with Gasteiger partial charge in [0.1, 0.15) is 30.7 Å². The standard InChI is InChI=1S/C54H83N3O16P2/c1-3-5-7-9-11-13-15-17-18-19-20-21-22-23-25-27-29-31-33-37-49(58)67-41-44(70-50(59)38-34-36-46-45(71-46)35-32-30-28-26-24-16-14-12-10-8-6-4-2)42-68-74(63,64)73-75(65,66)69-43-47-51(60)52(61)53(72-47)57-40-39-48(55)56-54(57)62/h11-14,17-18,20-21,23-26,29-32,39-40,44-47,51-53,60-61H,3-10,15-16,19,22,27-28,33-38,41-43H2,1-2H3,(H,63,64)(H,65,66)(H2,55,56,62)/b13-11-,14-12-,18-17-,21-20-,25-23-,26-24-,31-29-,32-30-/t44-,45?,46?,47-,51-,52-,53-/m1/s1. The fourth-order valence-electron chi connectivity index (χ4n) is 7.38. The predicted octanol–water partition coefficient (Wildman–Crippen LogP) is 10.2. The van der Waals surface area contributed by atoms with Gasteiger partial charge in [0, 0.05) is 19.0 Å². The van der Waals surface area contributed by atoms with Gasteiger partial charge in [-0.2, -0.15) is 9.29 Å². The van der Waals surface area contributed by atoms with Crippen LogP contribution in [0, 0.1) is 0 Å². The zero-order valence-electron chi connectivity index (χ0n) is 43.8. The summed E-state index contributed by atoms with van der Waals surface area (Å²) in [5.74, 6) is -1.49. The van der Waals surface area contributed by atoms with E-state index in [1.807, 2.05) is 18.2 Å². The summed E-state index contributed by atoms with van der Waals surface area (Å²) in [4.78, 5) is 62.1. The number of nitrogens with two attached hydrogens (primary N) is 1. The van der Waals surface area contributed by atoms with Crippen LogP contribution < -0.4 is 11.4 Å². The van der Waals surface area contributed by atoms with Crippen LogP contribution in [0.2, 0.25) is 0 Å². The molecule has 0 radical (unpaired) electrons. The summed E-state index contributed by atoms with van der Waals surface area (Å²) in [5, 5.41) is 20.9. The molecular formula is C54H83N3O16P2. The van der Waals surface area contributed by atoms with Crippen molar-refractivity contribution in [2.75, 3.05) is 25.6 Å². The van der Waals surface area contributed by atoms with E-state index in [9.17, 15) is 43.5 Å². The van der Waals surface area contributed by atoms with Crippen molar-refractivity contribution in [3.8, 4) is 0 Å². The van der Waals surface area contributed by atoms with Gasteiger partial charge in [0.05, 0.1) is 25.4 Å². The molecule has 2 fully saturated rings. The highest BCUT2D eigenvalue weighted by molar-refractivity contribution is 7.61. The number of allylic oxidation sites excluding steroid dienone is 15. The predicted molar refractivity (Wildman–Crippen MR) is 288 cm³/mol. The molecule has 1 aromatic heterocycles. The first-order valence-corrected chi connectivity index (χ1v) is 29.4. The van der Waals surface area contributed by atoms with Gasteiger partial charge in [0.25, 0.3) is 0 Å². The van der Waals surface area contributed by atoms with Gasteiger partial charge in [-0.1, -0.05) is 137 Å². The van der Waals surface area contributed by atoms with Crippen molar-refractivity contribution >= 4 is 33.4 Å². The van der Waals surface area contributed by atoms with E-state index in [4.69, 9.17) is 33.7 Å². The number of hydrogen-bond acceptors (Lipinski definition) is 16. The van der Waals surface area contributed by atoms with Gasteiger partial charge in [0.15, 0.2) is 12.3 Å². The summed E-state index contributed by atoms with van der Waals surface area (Å²) in [6, 6.07) is 1.24. The number of rotatable bonds is 41. The van der Waals surface area contributed by atoms with Crippen LogP contribution >= 0.6 is 15.6 Å². The number of aliphatic hydroxyl groups is 2. The molecule has 19 nitrogen and oxygen atoms in total. The van der Waals surface area contributed by atoms with Crippen molar-refractivity contribution in [2.24, 2.45) is 0 Å². The number of carbonyl (C=O) groups excluding carboxylic acids is 2.